The van der Waals surface area contributed by atoms with Gasteiger partial charge >= 0.3 is 5.97 Å². The molecule has 0 bridgehead atoms. The second kappa shape index (κ2) is 8.92. The lowest BCUT2D eigenvalue weighted by atomic mass is 10.0. The Morgan fingerprint density at radius 3 is 2.33 bits per heavy atom. The predicted octanol–water partition coefficient (Wildman–Crippen LogP) is 3.95. The Balaban J connectivity index is 4.01. The Labute approximate surface area is 111 Å². The van der Waals surface area contributed by atoms with Crippen molar-refractivity contribution in [1.82, 2.24) is 0 Å². The first kappa shape index (κ1) is 16.9. The fourth-order valence-corrected chi connectivity index (χ4v) is 1.46. The molecule has 0 aliphatic rings. The lowest BCUT2D eigenvalue weighted by Gasteiger charge is -2.07. The van der Waals surface area contributed by atoms with Gasteiger partial charge in [-0.3, -0.25) is 0 Å². The van der Waals surface area contributed by atoms with Crippen molar-refractivity contribution < 1.29 is 14.6 Å². The first-order chi connectivity index (χ1) is 8.34. The standard InChI is InChI=1S/C15H26O3/c1-11(2)18-10-9-12(3)7-6-8-13(4)14(5)15(16)17/h7,11H,6,8-10H2,1-5H3,(H,16,17). The van der Waals surface area contributed by atoms with E-state index < -0.39 is 5.97 Å². The highest BCUT2D eigenvalue weighted by atomic mass is 16.5. The smallest absolute Gasteiger partial charge is 0.331 e. The molecule has 0 aromatic rings. The zero-order valence-corrected chi connectivity index (χ0v) is 12.2. The van der Waals surface area contributed by atoms with Gasteiger partial charge in [0.15, 0.2) is 0 Å². The van der Waals surface area contributed by atoms with E-state index in [0.717, 1.165) is 31.4 Å². The Hall–Kier alpha value is -1.09. The number of hydrogen-bond acceptors (Lipinski definition) is 2. The van der Waals surface area contributed by atoms with E-state index >= 15 is 0 Å². The molecule has 3 heteroatoms. The third kappa shape index (κ3) is 8.07. The van der Waals surface area contributed by atoms with Gasteiger partial charge in [0.2, 0.25) is 0 Å². The van der Waals surface area contributed by atoms with Crippen LogP contribution in [0.5, 0.6) is 0 Å². The lowest BCUT2D eigenvalue weighted by Crippen LogP contribution is -2.03. The summed E-state index contributed by atoms with van der Waals surface area (Å²) in [6.45, 7) is 10.4. The Bertz CT molecular complexity index is 325. The van der Waals surface area contributed by atoms with E-state index in [1.807, 2.05) is 20.8 Å². The molecule has 0 aliphatic carbocycles. The monoisotopic (exact) mass is 254 g/mol. The average molecular weight is 254 g/mol. The van der Waals surface area contributed by atoms with E-state index in [0.29, 0.717) is 5.57 Å². The molecule has 0 saturated heterocycles. The van der Waals surface area contributed by atoms with Crippen LogP contribution in [0.15, 0.2) is 22.8 Å². The maximum Gasteiger partial charge on any atom is 0.331 e. The van der Waals surface area contributed by atoms with Gasteiger partial charge in [0, 0.05) is 5.57 Å². The molecule has 0 rings (SSSR count). The van der Waals surface area contributed by atoms with Gasteiger partial charge in [0.1, 0.15) is 0 Å². The number of carbonyl (C=O) groups is 1. The van der Waals surface area contributed by atoms with Crippen molar-refractivity contribution in [2.75, 3.05) is 6.61 Å². The molecule has 0 unspecified atom stereocenters. The Morgan fingerprint density at radius 2 is 1.83 bits per heavy atom. The van der Waals surface area contributed by atoms with Gasteiger partial charge in [-0.2, -0.15) is 0 Å². The summed E-state index contributed by atoms with van der Waals surface area (Å²) in [6, 6.07) is 0. The first-order valence-corrected chi connectivity index (χ1v) is 6.51. The average Bonchev–Trinajstić information content (AvgIpc) is 2.27. The highest BCUT2D eigenvalue weighted by Gasteiger charge is 2.04. The van der Waals surface area contributed by atoms with E-state index in [2.05, 4.69) is 13.0 Å². The topological polar surface area (TPSA) is 46.5 Å². The molecule has 1 N–H and O–H groups in total. The molecule has 0 heterocycles. The molecule has 0 radical (unpaired) electrons. The number of aliphatic carboxylic acids is 1. The molecule has 0 aliphatic heterocycles. The van der Waals surface area contributed by atoms with Crippen LogP contribution in [-0.4, -0.2) is 23.8 Å². The van der Waals surface area contributed by atoms with Crippen molar-refractivity contribution in [3.05, 3.63) is 22.8 Å². The van der Waals surface area contributed by atoms with Crippen LogP contribution in [0.2, 0.25) is 0 Å². The Kier molecular flexibility index (Phi) is 8.38. The van der Waals surface area contributed by atoms with Crippen molar-refractivity contribution in [2.24, 2.45) is 0 Å². The summed E-state index contributed by atoms with van der Waals surface area (Å²) in [5.41, 5.74) is 2.71. The van der Waals surface area contributed by atoms with Crippen molar-refractivity contribution in [2.45, 2.75) is 60.0 Å². The SMILES string of the molecule is CC(=CCCC(C)=C(C)C(=O)O)CCOC(C)C. The lowest BCUT2D eigenvalue weighted by molar-refractivity contribution is -0.132. The number of carboxylic acid groups (broad SMARTS) is 1. The van der Waals surface area contributed by atoms with Crippen LogP contribution in [0.4, 0.5) is 0 Å². The van der Waals surface area contributed by atoms with Gasteiger partial charge in [0.05, 0.1) is 12.7 Å². The molecule has 18 heavy (non-hydrogen) atoms. The van der Waals surface area contributed by atoms with Crippen LogP contribution < -0.4 is 0 Å². The molecular weight excluding hydrogens is 228 g/mol. The minimum Gasteiger partial charge on any atom is -0.478 e. The molecule has 0 aromatic carbocycles. The second-order valence-electron chi connectivity index (χ2n) is 4.97. The number of carboxylic acids is 1. The summed E-state index contributed by atoms with van der Waals surface area (Å²) in [5, 5.41) is 8.84. The van der Waals surface area contributed by atoms with Crippen LogP contribution in [-0.2, 0) is 9.53 Å². The van der Waals surface area contributed by atoms with Gasteiger partial charge in [-0.15, -0.1) is 0 Å². The number of allylic oxidation sites excluding steroid dienone is 2. The highest BCUT2D eigenvalue weighted by molar-refractivity contribution is 5.86. The third-order valence-electron chi connectivity index (χ3n) is 2.92. The largest absolute Gasteiger partial charge is 0.478 e. The van der Waals surface area contributed by atoms with Gasteiger partial charge in [-0.05, 0) is 53.9 Å². The molecule has 0 spiro atoms. The maximum atomic E-state index is 10.8. The Morgan fingerprint density at radius 1 is 1.22 bits per heavy atom. The van der Waals surface area contributed by atoms with Gasteiger partial charge in [-0.25, -0.2) is 4.79 Å². The minimum atomic E-state index is -0.821. The first-order valence-electron chi connectivity index (χ1n) is 6.51. The summed E-state index contributed by atoms with van der Waals surface area (Å²) in [4.78, 5) is 10.8. The van der Waals surface area contributed by atoms with E-state index in [1.165, 1.54) is 5.57 Å². The van der Waals surface area contributed by atoms with Crippen LogP contribution >= 0.6 is 0 Å². The van der Waals surface area contributed by atoms with Crippen molar-refractivity contribution in [1.29, 1.82) is 0 Å². The minimum absolute atomic E-state index is 0.279. The third-order valence-corrected chi connectivity index (χ3v) is 2.92. The van der Waals surface area contributed by atoms with E-state index in [4.69, 9.17) is 9.84 Å². The predicted molar refractivity (Wildman–Crippen MR) is 74.7 cm³/mol. The van der Waals surface area contributed by atoms with Crippen LogP contribution in [0.3, 0.4) is 0 Å². The van der Waals surface area contributed by atoms with Crippen LogP contribution in [0.1, 0.15) is 53.9 Å². The van der Waals surface area contributed by atoms with Crippen LogP contribution in [0, 0.1) is 0 Å². The van der Waals surface area contributed by atoms with Gasteiger partial charge in [0.25, 0.3) is 0 Å². The molecule has 0 atom stereocenters. The zero-order valence-electron chi connectivity index (χ0n) is 12.2. The molecule has 0 fully saturated rings. The molecule has 0 saturated carbocycles. The maximum absolute atomic E-state index is 10.8. The zero-order chi connectivity index (χ0) is 14.1. The number of hydrogen-bond donors (Lipinski definition) is 1. The fourth-order valence-electron chi connectivity index (χ4n) is 1.46. The van der Waals surface area contributed by atoms with Gasteiger partial charge in [-0.1, -0.05) is 17.2 Å². The summed E-state index contributed by atoms with van der Waals surface area (Å²) >= 11 is 0. The van der Waals surface area contributed by atoms with E-state index in [1.54, 1.807) is 6.92 Å². The molecular formula is C15H26O3. The second-order valence-corrected chi connectivity index (χ2v) is 4.97. The molecule has 0 aromatic heterocycles. The molecule has 0 amide bonds. The van der Waals surface area contributed by atoms with Crippen molar-refractivity contribution in [3.63, 3.8) is 0 Å². The quantitative estimate of drug-likeness (QED) is 0.527. The van der Waals surface area contributed by atoms with Crippen molar-refractivity contribution in [3.8, 4) is 0 Å². The summed E-state index contributed by atoms with van der Waals surface area (Å²) in [6.07, 6.45) is 5.09. The fraction of sp³-hybridized carbons (Fsp3) is 0.667. The summed E-state index contributed by atoms with van der Waals surface area (Å²) < 4.78 is 5.48. The summed E-state index contributed by atoms with van der Waals surface area (Å²) in [7, 11) is 0. The molecule has 3 nitrogen and oxygen atoms in total. The van der Waals surface area contributed by atoms with E-state index in [-0.39, 0.29) is 6.10 Å². The van der Waals surface area contributed by atoms with Gasteiger partial charge < -0.3 is 9.84 Å². The highest BCUT2D eigenvalue weighted by Crippen LogP contribution is 2.13. The van der Waals surface area contributed by atoms with Crippen LogP contribution in [0.25, 0.3) is 0 Å². The number of ether oxygens (including phenoxy) is 1. The number of rotatable bonds is 8. The normalized spacial score (nSPS) is 13.8. The summed E-state index contributed by atoms with van der Waals surface area (Å²) in [5.74, 6) is -0.821. The van der Waals surface area contributed by atoms with E-state index in [9.17, 15) is 4.79 Å². The van der Waals surface area contributed by atoms with Crippen molar-refractivity contribution >= 4 is 5.97 Å². The molecule has 104 valence electrons.